The smallest absolute Gasteiger partial charge is 0.243 e. The average Bonchev–Trinajstić information content (AvgIpc) is 2.99. The molecule has 1 aromatic rings. The van der Waals surface area contributed by atoms with E-state index in [1.807, 2.05) is 31.2 Å². The van der Waals surface area contributed by atoms with Crippen LogP contribution in [0, 0.1) is 5.92 Å². The maximum atomic E-state index is 12.6. The van der Waals surface area contributed by atoms with E-state index < -0.39 is 6.04 Å². The molecule has 1 aliphatic rings. The number of carbonyl (C=O) groups excluding carboxylic acids is 2. The van der Waals surface area contributed by atoms with E-state index in [0.717, 1.165) is 35.7 Å². The summed E-state index contributed by atoms with van der Waals surface area (Å²) < 4.78 is 1.01. The first-order chi connectivity index (χ1) is 10.5. The molecule has 0 aliphatic heterocycles. The second-order valence-corrected chi connectivity index (χ2v) is 6.92. The van der Waals surface area contributed by atoms with Crippen LogP contribution in [0.4, 0.5) is 0 Å². The molecule has 22 heavy (non-hydrogen) atoms. The van der Waals surface area contributed by atoms with Gasteiger partial charge in [-0.3, -0.25) is 9.59 Å². The van der Waals surface area contributed by atoms with Crippen molar-refractivity contribution in [1.82, 2.24) is 10.6 Å². The van der Waals surface area contributed by atoms with E-state index in [1.165, 1.54) is 6.92 Å². The molecular weight excluding hydrogens is 344 g/mol. The van der Waals surface area contributed by atoms with Crippen LogP contribution in [0.1, 0.15) is 51.1 Å². The van der Waals surface area contributed by atoms with Crippen LogP contribution in [-0.2, 0) is 9.59 Å². The molecule has 0 radical (unpaired) electrons. The molecule has 4 nitrogen and oxygen atoms in total. The first-order valence-electron chi connectivity index (χ1n) is 7.80. The fraction of sp³-hybridized carbons (Fsp3) is 0.529. The SMILES string of the molecule is CC(=O)NC(C(=O)NC(C)c1ccc(Br)cc1)C1CCCC1. The normalized spacial score (nSPS) is 17.8. The van der Waals surface area contributed by atoms with Crippen molar-refractivity contribution in [2.24, 2.45) is 5.92 Å². The quantitative estimate of drug-likeness (QED) is 0.839. The predicted molar refractivity (Wildman–Crippen MR) is 90.3 cm³/mol. The van der Waals surface area contributed by atoms with Gasteiger partial charge in [-0.2, -0.15) is 0 Å². The fourth-order valence-electron chi connectivity index (χ4n) is 3.05. The summed E-state index contributed by atoms with van der Waals surface area (Å²) in [5.74, 6) is 0.0156. The van der Waals surface area contributed by atoms with Gasteiger partial charge in [-0.05, 0) is 43.4 Å². The summed E-state index contributed by atoms with van der Waals surface area (Å²) in [5, 5.41) is 5.86. The topological polar surface area (TPSA) is 58.2 Å². The molecule has 2 unspecified atom stereocenters. The Hall–Kier alpha value is -1.36. The van der Waals surface area contributed by atoms with Crippen LogP contribution >= 0.6 is 15.9 Å². The second kappa shape index (κ2) is 7.77. The number of amides is 2. The Labute approximate surface area is 140 Å². The number of nitrogens with one attached hydrogen (secondary N) is 2. The van der Waals surface area contributed by atoms with Crippen molar-refractivity contribution in [3.8, 4) is 0 Å². The van der Waals surface area contributed by atoms with Gasteiger partial charge in [0.15, 0.2) is 0 Å². The minimum absolute atomic E-state index is 0.0849. The number of halogens is 1. The number of carbonyl (C=O) groups is 2. The van der Waals surface area contributed by atoms with Crippen LogP contribution in [0.2, 0.25) is 0 Å². The van der Waals surface area contributed by atoms with Gasteiger partial charge in [0.2, 0.25) is 11.8 Å². The monoisotopic (exact) mass is 366 g/mol. The molecule has 0 bridgehead atoms. The standard InChI is InChI=1S/C17H23BrN2O2/c1-11(13-7-9-15(18)10-8-13)19-17(22)16(20-12(2)21)14-5-3-4-6-14/h7-11,14,16H,3-6H2,1-2H3,(H,19,22)(H,20,21). The summed E-state index contributed by atoms with van der Waals surface area (Å²) in [5.41, 5.74) is 1.05. The van der Waals surface area contributed by atoms with Gasteiger partial charge in [0, 0.05) is 11.4 Å². The zero-order valence-corrected chi connectivity index (χ0v) is 14.7. The number of benzene rings is 1. The third kappa shape index (κ3) is 4.57. The molecule has 120 valence electrons. The average molecular weight is 367 g/mol. The lowest BCUT2D eigenvalue weighted by molar-refractivity contribution is -0.129. The first-order valence-corrected chi connectivity index (χ1v) is 8.59. The maximum absolute atomic E-state index is 12.6. The van der Waals surface area contributed by atoms with Crippen LogP contribution < -0.4 is 10.6 Å². The molecular formula is C17H23BrN2O2. The minimum atomic E-state index is -0.419. The van der Waals surface area contributed by atoms with E-state index in [2.05, 4.69) is 26.6 Å². The zero-order chi connectivity index (χ0) is 16.1. The number of hydrogen-bond donors (Lipinski definition) is 2. The highest BCUT2D eigenvalue weighted by atomic mass is 79.9. The highest BCUT2D eigenvalue weighted by Crippen LogP contribution is 2.28. The van der Waals surface area contributed by atoms with Gasteiger partial charge >= 0.3 is 0 Å². The summed E-state index contributed by atoms with van der Waals surface area (Å²) in [6.07, 6.45) is 4.28. The molecule has 1 aliphatic carbocycles. The highest BCUT2D eigenvalue weighted by molar-refractivity contribution is 9.10. The Morgan fingerprint density at radius 1 is 1.14 bits per heavy atom. The van der Waals surface area contributed by atoms with Crippen molar-refractivity contribution < 1.29 is 9.59 Å². The van der Waals surface area contributed by atoms with Crippen molar-refractivity contribution in [1.29, 1.82) is 0 Å². The van der Waals surface area contributed by atoms with Gasteiger partial charge < -0.3 is 10.6 Å². The minimum Gasteiger partial charge on any atom is -0.348 e. The predicted octanol–water partition coefficient (Wildman–Crippen LogP) is 3.32. The van der Waals surface area contributed by atoms with Crippen LogP contribution in [0.5, 0.6) is 0 Å². The molecule has 2 atom stereocenters. The summed E-state index contributed by atoms with van der Waals surface area (Å²) >= 11 is 3.41. The molecule has 0 heterocycles. The van der Waals surface area contributed by atoms with E-state index >= 15 is 0 Å². The highest BCUT2D eigenvalue weighted by Gasteiger charge is 2.31. The van der Waals surface area contributed by atoms with Crippen molar-refractivity contribution in [2.75, 3.05) is 0 Å². The van der Waals surface area contributed by atoms with Crippen molar-refractivity contribution in [3.05, 3.63) is 34.3 Å². The molecule has 5 heteroatoms. The van der Waals surface area contributed by atoms with Gasteiger partial charge in [0.05, 0.1) is 6.04 Å². The molecule has 1 aromatic carbocycles. The Morgan fingerprint density at radius 2 is 1.73 bits per heavy atom. The summed E-state index contributed by atoms with van der Waals surface area (Å²) in [6.45, 7) is 3.42. The molecule has 2 amide bonds. The molecule has 0 spiro atoms. The largest absolute Gasteiger partial charge is 0.348 e. The van der Waals surface area contributed by atoms with E-state index in [1.54, 1.807) is 0 Å². The summed E-state index contributed by atoms with van der Waals surface area (Å²) in [4.78, 5) is 24.0. The lowest BCUT2D eigenvalue weighted by atomic mass is 9.96. The van der Waals surface area contributed by atoms with Gasteiger partial charge in [-0.25, -0.2) is 0 Å². The number of rotatable bonds is 5. The van der Waals surface area contributed by atoms with Gasteiger partial charge in [-0.1, -0.05) is 40.9 Å². The Kier molecular flexibility index (Phi) is 6.00. The van der Waals surface area contributed by atoms with Crippen molar-refractivity contribution in [2.45, 2.75) is 51.6 Å². The fourth-order valence-corrected chi connectivity index (χ4v) is 3.31. The summed E-state index contributed by atoms with van der Waals surface area (Å²) in [7, 11) is 0. The zero-order valence-electron chi connectivity index (χ0n) is 13.1. The Bertz CT molecular complexity index is 524. The van der Waals surface area contributed by atoms with E-state index in [-0.39, 0.29) is 23.8 Å². The lowest BCUT2D eigenvalue weighted by Crippen LogP contribution is -2.50. The number of hydrogen-bond acceptors (Lipinski definition) is 2. The van der Waals surface area contributed by atoms with Crippen LogP contribution in [0.25, 0.3) is 0 Å². The van der Waals surface area contributed by atoms with Crippen molar-refractivity contribution >= 4 is 27.7 Å². The lowest BCUT2D eigenvalue weighted by Gasteiger charge is -2.25. The second-order valence-electron chi connectivity index (χ2n) is 6.00. The van der Waals surface area contributed by atoms with Gasteiger partial charge in [0.1, 0.15) is 6.04 Å². The molecule has 0 aromatic heterocycles. The maximum Gasteiger partial charge on any atom is 0.243 e. The van der Waals surface area contributed by atoms with Gasteiger partial charge in [-0.15, -0.1) is 0 Å². The van der Waals surface area contributed by atoms with E-state index in [9.17, 15) is 9.59 Å². The van der Waals surface area contributed by atoms with E-state index in [4.69, 9.17) is 0 Å². The third-order valence-electron chi connectivity index (χ3n) is 4.24. The molecule has 0 saturated heterocycles. The van der Waals surface area contributed by atoms with Crippen LogP contribution in [-0.4, -0.2) is 17.9 Å². The van der Waals surface area contributed by atoms with Gasteiger partial charge in [0.25, 0.3) is 0 Å². The third-order valence-corrected chi connectivity index (χ3v) is 4.77. The van der Waals surface area contributed by atoms with Crippen LogP contribution in [0.3, 0.4) is 0 Å². The molecule has 2 rings (SSSR count). The Morgan fingerprint density at radius 3 is 2.27 bits per heavy atom. The molecule has 2 N–H and O–H groups in total. The van der Waals surface area contributed by atoms with Crippen molar-refractivity contribution in [3.63, 3.8) is 0 Å². The van der Waals surface area contributed by atoms with E-state index in [0.29, 0.717) is 0 Å². The van der Waals surface area contributed by atoms with Crippen LogP contribution in [0.15, 0.2) is 28.7 Å². The Balaban J connectivity index is 2.03. The molecule has 1 fully saturated rings. The summed E-state index contributed by atoms with van der Waals surface area (Å²) in [6, 6.07) is 7.38. The molecule has 1 saturated carbocycles. The first kappa shape index (κ1) is 17.0.